The summed E-state index contributed by atoms with van der Waals surface area (Å²) in [5, 5.41) is 10.6. The van der Waals surface area contributed by atoms with Crippen LogP contribution in [0.15, 0.2) is 0 Å². The van der Waals surface area contributed by atoms with Gasteiger partial charge in [0.25, 0.3) is 0 Å². The first-order chi connectivity index (χ1) is 7.54. The maximum atomic E-state index is 11.3. The number of nitrogens with zero attached hydrogens (tertiary/aromatic N) is 3. The predicted molar refractivity (Wildman–Crippen MR) is 59.0 cm³/mol. The van der Waals surface area contributed by atoms with E-state index in [4.69, 9.17) is 4.74 Å². The number of rotatable bonds is 4. The zero-order valence-electron chi connectivity index (χ0n) is 9.94. The number of hydrogen-bond acceptors (Lipinski definition) is 6. The number of esters is 1. The Morgan fingerprint density at radius 3 is 2.62 bits per heavy atom. The minimum absolute atomic E-state index is 0.329. The number of ether oxygens (including phenoxy) is 1. The molecule has 1 N–H and O–H groups in total. The smallest absolute Gasteiger partial charge is 0.328 e. The number of aryl methyl sites for hydroxylation is 2. The summed E-state index contributed by atoms with van der Waals surface area (Å²) < 4.78 is 4.85. The lowest BCUT2D eigenvalue weighted by atomic mass is 10.3. The molecule has 1 rings (SSSR count). The molecule has 0 amide bonds. The van der Waals surface area contributed by atoms with E-state index in [1.165, 1.54) is 0 Å². The molecule has 0 aliphatic heterocycles. The van der Waals surface area contributed by atoms with E-state index in [2.05, 4.69) is 20.5 Å². The Balaban J connectivity index is 2.66. The van der Waals surface area contributed by atoms with Gasteiger partial charge in [-0.15, -0.1) is 5.10 Å². The molecule has 0 bridgehead atoms. The maximum absolute atomic E-state index is 11.3. The Kier molecular flexibility index (Phi) is 4.16. The molecule has 6 heteroatoms. The van der Waals surface area contributed by atoms with E-state index >= 15 is 0 Å². The molecule has 1 unspecified atom stereocenters. The predicted octanol–water partition coefficient (Wildman–Crippen LogP) is 0.852. The summed E-state index contributed by atoms with van der Waals surface area (Å²) >= 11 is 0. The highest BCUT2D eigenvalue weighted by atomic mass is 16.5. The van der Waals surface area contributed by atoms with Gasteiger partial charge in [-0.3, -0.25) is 0 Å². The molecule has 0 radical (unpaired) electrons. The molecule has 0 fully saturated rings. The van der Waals surface area contributed by atoms with Crippen molar-refractivity contribution in [1.82, 2.24) is 15.2 Å². The number of aromatic nitrogens is 3. The Hall–Kier alpha value is -1.72. The molecular formula is C10H16N4O2. The minimum Gasteiger partial charge on any atom is -0.464 e. The highest BCUT2D eigenvalue weighted by molar-refractivity contribution is 5.78. The maximum Gasteiger partial charge on any atom is 0.328 e. The number of hydrogen-bond donors (Lipinski definition) is 1. The normalized spacial score (nSPS) is 12.0. The zero-order chi connectivity index (χ0) is 12.1. The molecule has 16 heavy (non-hydrogen) atoms. The summed E-state index contributed by atoms with van der Waals surface area (Å²) in [6.45, 7) is 7.48. The van der Waals surface area contributed by atoms with Crippen LogP contribution in [-0.4, -0.2) is 33.8 Å². The Bertz CT molecular complexity index is 381. The van der Waals surface area contributed by atoms with Gasteiger partial charge in [0, 0.05) is 0 Å². The van der Waals surface area contributed by atoms with Gasteiger partial charge in [0.1, 0.15) is 6.04 Å². The topological polar surface area (TPSA) is 77.0 Å². The van der Waals surface area contributed by atoms with E-state index in [1.807, 2.05) is 13.8 Å². The van der Waals surface area contributed by atoms with Gasteiger partial charge in [-0.25, -0.2) is 9.78 Å². The van der Waals surface area contributed by atoms with Crippen LogP contribution in [-0.2, 0) is 9.53 Å². The standard InChI is InChI=1S/C10H16N4O2/c1-5-16-9(15)8(4)12-10-11-6(2)7(3)13-14-10/h8H,5H2,1-4H3,(H,11,12,14). The van der Waals surface area contributed by atoms with Crippen LogP contribution < -0.4 is 5.32 Å². The van der Waals surface area contributed by atoms with Gasteiger partial charge in [0.15, 0.2) is 0 Å². The average Bonchev–Trinajstić information content (AvgIpc) is 2.24. The fourth-order valence-corrected chi connectivity index (χ4v) is 1.04. The van der Waals surface area contributed by atoms with E-state index in [9.17, 15) is 4.79 Å². The summed E-state index contributed by atoms with van der Waals surface area (Å²) in [6.07, 6.45) is 0. The minimum atomic E-state index is -0.483. The molecule has 1 heterocycles. The van der Waals surface area contributed by atoms with E-state index in [1.54, 1.807) is 13.8 Å². The number of carbonyl (C=O) groups is 1. The van der Waals surface area contributed by atoms with Crippen molar-refractivity contribution in [3.8, 4) is 0 Å². The van der Waals surface area contributed by atoms with Gasteiger partial charge >= 0.3 is 5.97 Å². The first kappa shape index (κ1) is 12.4. The second-order valence-electron chi connectivity index (χ2n) is 3.42. The van der Waals surface area contributed by atoms with Crippen molar-refractivity contribution in [3.63, 3.8) is 0 Å². The van der Waals surface area contributed by atoms with Crippen LogP contribution in [0.3, 0.4) is 0 Å². The molecule has 0 aliphatic carbocycles. The molecule has 0 aromatic carbocycles. The second-order valence-corrected chi connectivity index (χ2v) is 3.42. The quantitative estimate of drug-likeness (QED) is 0.764. The van der Waals surface area contributed by atoms with Crippen molar-refractivity contribution in [3.05, 3.63) is 11.4 Å². The molecule has 88 valence electrons. The lowest BCUT2D eigenvalue weighted by molar-refractivity contribution is -0.143. The molecule has 0 spiro atoms. The van der Waals surface area contributed by atoms with Crippen LogP contribution >= 0.6 is 0 Å². The van der Waals surface area contributed by atoms with Crippen LogP contribution in [0, 0.1) is 13.8 Å². The van der Waals surface area contributed by atoms with Gasteiger partial charge in [0.05, 0.1) is 18.0 Å². The Morgan fingerprint density at radius 1 is 1.38 bits per heavy atom. The third kappa shape index (κ3) is 3.15. The second kappa shape index (κ2) is 5.39. The van der Waals surface area contributed by atoms with Gasteiger partial charge < -0.3 is 10.1 Å². The lowest BCUT2D eigenvalue weighted by Crippen LogP contribution is -2.29. The summed E-state index contributed by atoms with van der Waals surface area (Å²) in [7, 11) is 0. The summed E-state index contributed by atoms with van der Waals surface area (Å²) in [5.41, 5.74) is 1.56. The van der Waals surface area contributed by atoms with E-state index < -0.39 is 6.04 Å². The third-order valence-corrected chi connectivity index (χ3v) is 2.08. The Morgan fingerprint density at radius 2 is 2.06 bits per heavy atom. The zero-order valence-corrected chi connectivity index (χ0v) is 9.94. The van der Waals surface area contributed by atoms with Crippen LogP contribution in [0.1, 0.15) is 25.2 Å². The summed E-state index contributed by atoms with van der Waals surface area (Å²) in [5.74, 6) is 0.00739. The van der Waals surface area contributed by atoms with E-state index in [-0.39, 0.29) is 5.97 Å². The van der Waals surface area contributed by atoms with Crippen LogP contribution in [0.4, 0.5) is 5.95 Å². The number of nitrogens with one attached hydrogen (secondary N) is 1. The molecule has 6 nitrogen and oxygen atoms in total. The third-order valence-electron chi connectivity index (χ3n) is 2.08. The first-order valence-corrected chi connectivity index (χ1v) is 5.15. The highest BCUT2D eigenvalue weighted by Crippen LogP contribution is 2.04. The van der Waals surface area contributed by atoms with Crippen molar-refractivity contribution in [1.29, 1.82) is 0 Å². The highest BCUT2D eigenvalue weighted by Gasteiger charge is 2.15. The van der Waals surface area contributed by atoms with Crippen molar-refractivity contribution in [2.75, 3.05) is 11.9 Å². The van der Waals surface area contributed by atoms with Gasteiger partial charge in [-0.1, -0.05) is 0 Å². The van der Waals surface area contributed by atoms with E-state index in [0.29, 0.717) is 12.6 Å². The molecule has 0 saturated heterocycles. The molecule has 1 aromatic heterocycles. The first-order valence-electron chi connectivity index (χ1n) is 5.15. The molecule has 1 atom stereocenters. The fraction of sp³-hybridized carbons (Fsp3) is 0.600. The van der Waals surface area contributed by atoms with Crippen molar-refractivity contribution in [2.45, 2.75) is 33.7 Å². The molecular weight excluding hydrogens is 208 g/mol. The average molecular weight is 224 g/mol. The van der Waals surface area contributed by atoms with Crippen LogP contribution in [0.5, 0.6) is 0 Å². The SMILES string of the molecule is CCOC(=O)C(C)Nc1nnc(C)c(C)n1. The molecule has 0 aliphatic rings. The Labute approximate surface area is 94.4 Å². The summed E-state index contributed by atoms with van der Waals surface area (Å²) in [6, 6.07) is -0.483. The van der Waals surface area contributed by atoms with Crippen LogP contribution in [0.2, 0.25) is 0 Å². The monoisotopic (exact) mass is 224 g/mol. The van der Waals surface area contributed by atoms with Gasteiger partial charge in [0.2, 0.25) is 5.95 Å². The van der Waals surface area contributed by atoms with Gasteiger partial charge in [-0.2, -0.15) is 5.10 Å². The van der Waals surface area contributed by atoms with Crippen molar-refractivity contribution in [2.24, 2.45) is 0 Å². The van der Waals surface area contributed by atoms with Crippen LogP contribution in [0.25, 0.3) is 0 Å². The number of anilines is 1. The lowest BCUT2D eigenvalue weighted by Gasteiger charge is -2.12. The summed E-state index contributed by atoms with van der Waals surface area (Å²) in [4.78, 5) is 15.5. The van der Waals surface area contributed by atoms with E-state index in [0.717, 1.165) is 11.4 Å². The number of carbonyl (C=O) groups excluding carboxylic acids is 1. The molecule has 0 saturated carbocycles. The largest absolute Gasteiger partial charge is 0.464 e. The van der Waals surface area contributed by atoms with Crippen molar-refractivity contribution >= 4 is 11.9 Å². The molecule has 1 aromatic rings. The van der Waals surface area contributed by atoms with Gasteiger partial charge in [-0.05, 0) is 27.7 Å². The van der Waals surface area contributed by atoms with Crippen molar-refractivity contribution < 1.29 is 9.53 Å². The fourth-order valence-electron chi connectivity index (χ4n) is 1.04.